The zero-order valence-electron chi connectivity index (χ0n) is 30.6. The molecular weight excluding hydrogens is 685 g/mol. The van der Waals surface area contributed by atoms with E-state index in [2.05, 4.69) is 184 Å². The van der Waals surface area contributed by atoms with E-state index in [4.69, 9.17) is 9.97 Å². The van der Waals surface area contributed by atoms with Crippen molar-refractivity contribution in [2.75, 3.05) is 0 Å². The molecule has 2 nitrogen and oxygen atoms in total. The number of rotatable bonds is 3. The van der Waals surface area contributed by atoms with Gasteiger partial charge in [-0.15, -0.1) is 0 Å². The smallest absolute Gasteiger partial charge is 0.160 e. The maximum atomic E-state index is 5.29. The first-order valence-electron chi connectivity index (χ1n) is 19.0. The zero-order chi connectivity index (χ0) is 36.7. The van der Waals surface area contributed by atoms with E-state index in [1.807, 2.05) is 23.9 Å². The highest BCUT2D eigenvalue weighted by atomic mass is 32.2. The molecule has 3 aliphatic rings. The normalized spacial score (nSPS) is 16.6. The zero-order valence-corrected chi connectivity index (χ0v) is 31.4. The Hall–Kier alpha value is -6.29. The quantitative estimate of drug-likeness (QED) is 0.182. The van der Waals surface area contributed by atoms with Crippen LogP contribution in [0.15, 0.2) is 180 Å². The van der Waals surface area contributed by atoms with Crippen LogP contribution in [0.5, 0.6) is 0 Å². The van der Waals surface area contributed by atoms with E-state index in [0.29, 0.717) is 5.82 Å². The summed E-state index contributed by atoms with van der Waals surface area (Å²) in [6.07, 6.45) is 4.62. The fourth-order valence-electron chi connectivity index (χ4n) is 9.38. The summed E-state index contributed by atoms with van der Waals surface area (Å²) in [6, 6.07) is 62.0. The Morgan fingerprint density at radius 1 is 0.400 bits per heavy atom. The van der Waals surface area contributed by atoms with Gasteiger partial charge in [-0.25, -0.2) is 9.97 Å². The van der Waals surface area contributed by atoms with Crippen molar-refractivity contribution in [1.82, 2.24) is 9.97 Å². The molecule has 3 heteroatoms. The van der Waals surface area contributed by atoms with Crippen molar-refractivity contribution in [2.45, 2.75) is 34.5 Å². The molecule has 0 saturated carbocycles. The lowest BCUT2D eigenvalue weighted by Crippen LogP contribution is -2.35. The molecule has 0 N–H and O–H groups in total. The number of nitrogens with zero attached hydrogens (tertiary/aromatic N) is 2. The number of hydrogen-bond acceptors (Lipinski definition) is 3. The Balaban J connectivity index is 1.23. The SMILES string of the molecule is CC1(C)c2ccccc2-c2cc3c(cc21)Sc1ccccc1C31c2ccccc2C=Cc2ccc(-c3cc(-c4ccccc4)nc(-c4ccccc4)n3)cc21. The molecule has 1 atom stereocenters. The van der Waals surface area contributed by atoms with Gasteiger partial charge in [0.1, 0.15) is 0 Å². The Morgan fingerprint density at radius 2 is 1.02 bits per heavy atom. The molecule has 1 aliphatic heterocycles. The largest absolute Gasteiger partial charge is 0.228 e. The van der Waals surface area contributed by atoms with Crippen LogP contribution in [0.4, 0.5) is 0 Å². The molecule has 0 radical (unpaired) electrons. The number of fused-ring (bicyclic) bond motifs is 11. The fourth-order valence-corrected chi connectivity index (χ4v) is 10.6. The first-order valence-corrected chi connectivity index (χ1v) is 19.8. The van der Waals surface area contributed by atoms with Crippen molar-refractivity contribution in [3.05, 3.63) is 214 Å². The molecule has 260 valence electrons. The minimum atomic E-state index is -0.600. The van der Waals surface area contributed by atoms with E-state index in [1.54, 1.807) is 0 Å². The van der Waals surface area contributed by atoms with Gasteiger partial charge in [-0.2, -0.15) is 0 Å². The molecule has 55 heavy (non-hydrogen) atoms. The molecule has 0 fully saturated rings. The van der Waals surface area contributed by atoms with Gasteiger partial charge in [0, 0.05) is 31.9 Å². The highest BCUT2D eigenvalue weighted by molar-refractivity contribution is 7.99. The lowest BCUT2D eigenvalue weighted by Gasteiger charge is -2.43. The van der Waals surface area contributed by atoms with E-state index in [9.17, 15) is 0 Å². The van der Waals surface area contributed by atoms with Crippen LogP contribution in [0.1, 0.15) is 58.4 Å². The van der Waals surface area contributed by atoms with Gasteiger partial charge in [0.25, 0.3) is 0 Å². The summed E-state index contributed by atoms with van der Waals surface area (Å²) in [6.45, 7) is 4.76. The van der Waals surface area contributed by atoms with Crippen LogP contribution in [0.2, 0.25) is 0 Å². The topological polar surface area (TPSA) is 25.8 Å². The minimum absolute atomic E-state index is 0.0976. The van der Waals surface area contributed by atoms with E-state index in [0.717, 1.165) is 28.1 Å². The maximum absolute atomic E-state index is 5.29. The van der Waals surface area contributed by atoms with Crippen LogP contribution in [-0.2, 0) is 10.8 Å². The predicted octanol–water partition coefficient (Wildman–Crippen LogP) is 13.1. The Morgan fingerprint density at radius 3 is 1.80 bits per heavy atom. The van der Waals surface area contributed by atoms with Crippen molar-refractivity contribution < 1.29 is 0 Å². The Kier molecular flexibility index (Phi) is 7.08. The third-order valence-electron chi connectivity index (χ3n) is 12.0. The van der Waals surface area contributed by atoms with Crippen molar-refractivity contribution in [3.63, 3.8) is 0 Å². The van der Waals surface area contributed by atoms with Crippen LogP contribution in [0.3, 0.4) is 0 Å². The van der Waals surface area contributed by atoms with Crippen LogP contribution < -0.4 is 0 Å². The van der Waals surface area contributed by atoms with Crippen molar-refractivity contribution in [3.8, 4) is 45.0 Å². The second-order valence-electron chi connectivity index (χ2n) is 15.3. The Labute approximate surface area is 326 Å². The van der Waals surface area contributed by atoms with Crippen molar-refractivity contribution >= 4 is 23.9 Å². The van der Waals surface area contributed by atoms with Gasteiger partial charge in [0.2, 0.25) is 0 Å². The third-order valence-corrected chi connectivity index (χ3v) is 13.1. The molecule has 2 heterocycles. The van der Waals surface area contributed by atoms with E-state index < -0.39 is 5.41 Å². The second kappa shape index (κ2) is 12.1. The van der Waals surface area contributed by atoms with Gasteiger partial charge < -0.3 is 0 Å². The predicted molar refractivity (Wildman–Crippen MR) is 227 cm³/mol. The van der Waals surface area contributed by atoms with E-state index in [1.165, 1.54) is 65.4 Å². The Bertz CT molecular complexity index is 2810. The summed E-state index contributed by atoms with van der Waals surface area (Å²) in [5.41, 5.74) is 17.3. The first-order chi connectivity index (χ1) is 27.0. The fraction of sp³-hybridized carbons (Fsp3) is 0.0769. The van der Waals surface area contributed by atoms with Gasteiger partial charge in [0.15, 0.2) is 5.82 Å². The van der Waals surface area contributed by atoms with Gasteiger partial charge >= 0.3 is 0 Å². The molecule has 8 aromatic rings. The van der Waals surface area contributed by atoms with Crippen LogP contribution in [0, 0.1) is 0 Å². The van der Waals surface area contributed by atoms with Crippen LogP contribution >= 0.6 is 11.8 Å². The average Bonchev–Trinajstić information content (AvgIpc) is 3.36. The highest BCUT2D eigenvalue weighted by Gasteiger charge is 2.48. The van der Waals surface area contributed by atoms with E-state index in [-0.39, 0.29) is 5.41 Å². The number of aromatic nitrogens is 2. The molecule has 11 rings (SSSR count). The summed E-state index contributed by atoms with van der Waals surface area (Å²) in [5.74, 6) is 0.716. The van der Waals surface area contributed by atoms with Gasteiger partial charge in [0.05, 0.1) is 16.8 Å². The molecule has 1 aromatic heterocycles. The first kappa shape index (κ1) is 32.2. The molecule has 2 aliphatic carbocycles. The molecule has 1 spiro atoms. The monoisotopic (exact) mass is 720 g/mol. The van der Waals surface area contributed by atoms with Gasteiger partial charge in [-0.05, 0) is 86.0 Å². The molecular formula is C52H36N2S. The van der Waals surface area contributed by atoms with E-state index >= 15 is 0 Å². The summed E-state index contributed by atoms with van der Waals surface area (Å²) in [5, 5.41) is 0. The van der Waals surface area contributed by atoms with Gasteiger partial charge in [-0.1, -0.05) is 177 Å². The number of benzene rings is 7. The lowest BCUT2D eigenvalue weighted by atomic mass is 9.62. The minimum Gasteiger partial charge on any atom is -0.228 e. The second-order valence-corrected chi connectivity index (χ2v) is 16.4. The molecule has 0 bridgehead atoms. The van der Waals surface area contributed by atoms with Crippen molar-refractivity contribution in [1.29, 1.82) is 0 Å². The summed E-state index contributed by atoms with van der Waals surface area (Å²) >= 11 is 1.91. The van der Waals surface area contributed by atoms with Crippen LogP contribution in [0.25, 0.3) is 57.2 Å². The van der Waals surface area contributed by atoms with Crippen LogP contribution in [-0.4, -0.2) is 9.97 Å². The summed E-state index contributed by atoms with van der Waals surface area (Å²) in [7, 11) is 0. The summed E-state index contributed by atoms with van der Waals surface area (Å²) in [4.78, 5) is 13.0. The summed E-state index contributed by atoms with van der Waals surface area (Å²) < 4.78 is 0. The molecule has 7 aromatic carbocycles. The molecule has 1 unspecified atom stereocenters. The molecule has 0 amide bonds. The third kappa shape index (κ3) is 4.76. The lowest BCUT2D eigenvalue weighted by molar-refractivity contribution is 0.653. The standard InChI is InChI=1S/C52H36N2S/c1-51(2)41-22-12-10-20-38(41)39-30-45-49(31-44(39)51)55-48-24-14-13-23-42(48)52(45)40-21-11-9-15-33(40)25-26-34-27-28-37(29-43(34)52)47-32-46(35-16-5-3-6-17-35)53-50(54-47)36-18-7-4-8-19-36/h3-32H,1-2H3. The van der Waals surface area contributed by atoms with Crippen molar-refractivity contribution in [2.24, 2.45) is 0 Å². The number of hydrogen-bond donors (Lipinski definition) is 0. The average molecular weight is 721 g/mol. The highest BCUT2D eigenvalue weighted by Crippen LogP contribution is 2.61. The maximum Gasteiger partial charge on any atom is 0.160 e. The van der Waals surface area contributed by atoms with Gasteiger partial charge in [-0.3, -0.25) is 0 Å². The molecule has 0 saturated heterocycles.